The number of nitrogens with one attached hydrogen (secondary N) is 1. The predicted molar refractivity (Wildman–Crippen MR) is 121 cm³/mol. The zero-order chi connectivity index (χ0) is 21.8. The van der Waals surface area contributed by atoms with Crippen molar-refractivity contribution in [3.8, 4) is 34.1 Å². The van der Waals surface area contributed by atoms with Crippen molar-refractivity contribution in [2.45, 2.75) is 6.54 Å². The first kappa shape index (κ1) is 20.2. The zero-order valence-electron chi connectivity index (χ0n) is 17.6. The van der Waals surface area contributed by atoms with Crippen LogP contribution in [0.1, 0.15) is 0 Å². The van der Waals surface area contributed by atoms with Gasteiger partial charge in [0.2, 0.25) is 0 Å². The molecule has 0 unspecified atom stereocenters. The zero-order valence-corrected chi connectivity index (χ0v) is 17.6. The van der Waals surface area contributed by atoms with Crippen LogP contribution in [0.15, 0.2) is 83.5 Å². The Balaban J connectivity index is 1.61. The number of aromatic nitrogens is 2. The first-order valence-electron chi connectivity index (χ1n) is 10.7. The maximum Gasteiger partial charge on any atom is 0.254 e. The van der Waals surface area contributed by atoms with Crippen LogP contribution in [0, 0.1) is 0 Å². The van der Waals surface area contributed by atoms with Crippen LogP contribution in [0.2, 0.25) is 0 Å². The molecule has 0 atom stereocenters. The Morgan fingerprint density at radius 2 is 1.59 bits per heavy atom. The molecular formula is C25H24N4O3. The number of hydrazine groups is 1. The van der Waals surface area contributed by atoms with Gasteiger partial charge in [0.15, 0.2) is 11.6 Å². The van der Waals surface area contributed by atoms with Crippen molar-refractivity contribution >= 4 is 5.91 Å². The second-order valence-corrected chi connectivity index (χ2v) is 7.56. The van der Waals surface area contributed by atoms with Crippen LogP contribution in [0.4, 0.5) is 0 Å². The van der Waals surface area contributed by atoms with Gasteiger partial charge in [-0.3, -0.25) is 10.2 Å². The van der Waals surface area contributed by atoms with Crippen LogP contribution >= 0.6 is 0 Å². The molecule has 7 nitrogen and oxygen atoms in total. The number of morpholine rings is 1. The Kier molecular flexibility index (Phi) is 5.83. The third-order valence-electron chi connectivity index (χ3n) is 5.40. The van der Waals surface area contributed by atoms with Crippen LogP contribution in [0.25, 0.3) is 34.1 Å². The van der Waals surface area contributed by atoms with Gasteiger partial charge in [-0.15, -0.1) is 0 Å². The highest BCUT2D eigenvalue weighted by atomic mass is 16.5. The third-order valence-corrected chi connectivity index (χ3v) is 5.40. The fourth-order valence-corrected chi connectivity index (χ4v) is 3.92. The van der Waals surface area contributed by atoms with Crippen molar-refractivity contribution in [3.63, 3.8) is 0 Å². The molecule has 0 bridgehead atoms. The summed E-state index contributed by atoms with van der Waals surface area (Å²) in [6, 6.07) is 23.7. The molecule has 0 radical (unpaired) electrons. The number of ether oxygens (including phenoxy) is 1. The highest BCUT2D eigenvalue weighted by Crippen LogP contribution is 2.36. The van der Waals surface area contributed by atoms with Gasteiger partial charge in [-0.2, -0.15) is 0 Å². The molecule has 32 heavy (non-hydrogen) atoms. The van der Waals surface area contributed by atoms with E-state index >= 15 is 0 Å². The summed E-state index contributed by atoms with van der Waals surface area (Å²) in [5.74, 6) is 1.11. The lowest BCUT2D eigenvalue weighted by molar-refractivity contribution is -0.128. The highest BCUT2D eigenvalue weighted by molar-refractivity contribution is 5.84. The molecule has 4 aromatic rings. The van der Waals surface area contributed by atoms with E-state index in [0.717, 1.165) is 22.5 Å². The number of benzene rings is 2. The van der Waals surface area contributed by atoms with Crippen molar-refractivity contribution in [2.24, 2.45) is 0 Å². The summed E-state index contributed by atoms with van der Waals surface area (Å²) in [5, 5.41) is 1.90. The van der Waals surface area contributed by atoms with Crippen LogP contribution in [-0.2, 0) is 16.1 Å². The Bertz CT molecular complexity index is 1160. The highest BCUT2D eigenvalue weighted by Gasteiger charge is 2.24. The second kappa shape index (κ2) is 9.21. The molecule has 2 aromatic carbocycles. The smallest absolute Gasteiger partial charge is 0.254 e. The van der Waals surface area contributed by atoms with Crippen LogP contribution in [0.3, 0.4) is 0 Å². The van der Waals surface area contributed by atoms with Gasteiger partial charge in [0.1, 0.15) is 6.54 Å². The number of carbonyl (C=O) groups is 1. The topological polar surface area (TPSA) is 72.5 Å². The Morgan fingerprint density at radius 3 is 2.25 bits per heavy atom. The van der Waals surface area contributed by atoms with Crippen LogP contribution in [-0.4, -0.2) is 46.8 Å². The van der Waals surface area contributed by atoms with Crippen LogP contribution < -0.4 is 5.43 Å². The molecule has 0 aliphatic carbocycles. The lowest BCUT2D eigenvalue weighted by atomic mass is 10.0. The molecule has 1 aliphatic heterocycles. The number of rotatable bonds is 6. The monoisotopic (exact) mass is 428 g/mol. The van der Waals surface area contributed by atoms with E-state index in [1.54, 1.807) is 6.26 Å². The molecular weight excluding hydrogens is 404 g/mol. The molecule has 162 valence electrons. The van der Waals surface area contributed by atoms with E-state index in [1.165, 1.54) is 0 Å². The molecule has 3 heterocycles. The van der Waals surface area contributed by atoms with E-state index in [4.69, 9.17) is 14.1 Å². The maximum atomic E-state index is 13.1. The van der Waals surface area contributed by atoms with Gasteiger partial charge in [-0.25, -0.2) is 9.99 Å². The Morgan fingerprint density at radius 1 is 0.906 bits per heavy atom. The minimum Gasteiger partial charge on any atom is -0.461 e. The maximum absolute atomic E-state index is 13.1. The summed E-state index contributed by atoms with van der Waals surface area (Å²) in [6.07, 6.45) is 1.62. The number of furan rings is 1. The van der Waals surface area contributed by atoms with Gasteiger partial charge >= 0.3 is 0 Å². The number of hydrogen-bond donors (Lipinski definition) is 1. The normalized spacial score (nSPS) is 14.4. The van der Waals surface area contributed by atoms with E-state index in [1.807, 2.05) is 82.4 Å². The molecule has 1 aliphatic rings. The summed E-state index contributed by atoms with van der Waals surface area (Å²) in [4.78, 5) is 18.0. The summed E-state index contributed by atoms with van der Waals surface area (Å²) in [6.45, 7) is 2.66. The number of hydrogen-bond acceptors (Lipinski definition) is 5. The molecule has 0 spiro atoms. The van der Waals surface area contributed by atoms with E-state index in [9.17, 15) is 4.79 Å². The number of imidazole rings is 1. The Hall–Kier alpha value is -3.68. The molecule has 0 saturated carbocycles. The van der Waals surface area contributed by atoms with E-state index in [-0.39, 0.29) is 12.5 Å². The standard InChI is InChI=1S/C25H24N4O3/c30-22(27-28-13-16-31-17-14-28)18-29-24(20-10-5-2-6-11-20)23(19-8-3-1-4-9-19)26-25(29)21-12-7-15-32-21/h1-12,15H,13-14,16-18H2,(H,27,30). The van der Waals surface area contributed by atoms with Crippen molar-refractivity contribution in [3.05, 3.63) is 79.1 Å². The van der Waals surface area contributed by atoms with Gasteiger partial charge in [-0.05, 0) is 12.1 Å². The van der Waals surface area contributed by atoms with Crippen molar-refractivity contribution in [2.75, 3.05) is 26.3 Å². The van der Waals surface area contributed by atoms with Gasteiger partial charge < -0.3 is 13.7 Å². The molecule has 2 aromatic heterocycles. The number of carbonyl (C=O) groups excluding carboxylic acids is 1. The number of amides is 1. The number of nitrogens with zero attached hydrogens (tertiary/aromatic N) is 3. The minimum atomic E-state index is -0.117. The van der Waals surface area contributed by atoms with E-state index in [0.29, 0.717) is 37.9 Å². The molecule has 7 heteroatoms. The quantitative estimate of drug-likeness (QED) is 0.505. The summed E-state index contributed by atoms with van der Waals surface area (Å²) < 4.78 is 13.0. The summed E-state index contributed by atoms with van der Waals surface area (Å²) >= 11 is 0. The van der Waals surface area contributed by atoms with E-state index < -0.39 is 0 Å². The van der Waals surface area contributed by atoms with E-state index in [2.05, 4.69) is 5.43 Å². The predicted octanol–water partition coefficient (Wildman–Crippen LogP) is 3.84. The fraction of sp³-hybridized carbons (Fsp3) is 0.200. The lowest BCUT2D eigenvalue weighted by Crippen LogP contribution is -2.49. The average molecular weight is 428 g/mol. The SMILES string of the molecule is O=C(Cn1c(-c2ccco2)nc(-c2ccccc2)c1-c1ccccc1)NN1CCOCC1. The van der Waals surface area contributed by atoms with Gasteiger partial charge in [0.25, 0.3) is 5.91 Å². The third kappa shape index (κ3) is 4.21. The van der Waals surface area contributed by atoms with Gasteiger partial charge in [-0.1, -0.05) is 60.7 Å². The van der Waals surface area contributed by atoms with Crippen molar-refractivity contribution in [1.82, 2.24) is 20.0 Å². The summed E-state index contributed by atoms with van der Waals surface area (Å²) in [5.41, 5.74) is 6.65. The molecule has 1 amide bonds. The van der Waals surface area contributed by atoms with Gasteiger partial charge in [0.05, 0.1) is 30.9 Å². The lowest BCUT2D eigenvalue weighted by Gasteiger charge is -2.27. The first-order chi connectivity index (χ1) is 15.8. The Labute approximate surface area is 186 Å². The molecule has 1 N–H and O–H groups in total. The largest absolute Gasteiger partial charge is 0.461 e. The minimum absolute atomic E-state index is 0.109. The molecule has 1 fully saturated rings. The molecule has 1 saturated heterocycles. The second-order valence-electron chi connectivity index (χ2n) is 7.56. The average Bonchev–Trinajstić information content (AvgIpc) is 3.49. The first-order valence-corrected chi connectivity index (χ1v) is 10.7. The summed E-state index contributed by atoms with van der Waals surface area (Å²) in [7, 11) is 0. The molecule has 5 rings (SSSR count). The van der Waals surface area contributed by atoms with Crippen molar-refractivity contribution < 1.29 is 13.9 Å². The fourth-order valence-electron chi connectivity index (χ4n) is 3.92. The van der Waals surface area contributed by atoms with Gasteiger partial charge in [0, 0.05) is 24.2 Å². The van der Waals surface area contributed by atoms with Crippen molar-refractivity contribution in [1.29, 1.82) is 0 Å². The van der Waals surface area contributed by atoms with Crippen LogP contribution in [0.5, 0.6) is 0 Å².